The highest BCUT2D eigenvalue weighted by Gasteiger charge is 2.32. The van der Waals surface area contributed by atoms with Gasteiger partial charge in [0.1, 0.15) is 11.7 Å². The molecular formula is C32H49N5O5S. The van der Waals surface area contributed by atoms with E-state index in [0.717, 1.165) is 17.0 Å². The van der Waals surface area contributed by atoms with E-state index < -0.39 is 12.0 Å². The molecule has 1 aromatic heterocycles. The first-order chi connectivity index (χ1) is 20.3. The Bertz CT molecular complexity index is 1190. The van der Waals surface area contributed by atoms with Crippen LogP contribution >= 0.6 is 11.3 Å². The van der Waals surface area contributed by atoms with Crippen LogP contribution < -0.4 is 10.6 Å². The maximum Gasteiger partial charge on any atom is 0.303 e. The Morgan fingerprint density at radius 2 is 1.67 bits per heavy atom. The highest BCUT2D eigenvalue weighted by atomic mass is 32.1. The number of nitrogens with zero attached hydrogens (tertiary/aromatic N) is 3. The third kappa shape index (κ3) is 12.1. The van der Waals surface area contributed by atoms with Crippen LogP contribution in [-0.4, -0.2) is 89.4 Å². The Morgan fingerprint density at radius 1 is 1.00 bits per heavy atom. The van der Waals surface area contributed by atoms with Crippen molar-refractivity contribution < 1.29 is 24.3 Å². The zero-order valence-electron chi connectivity index (χ0n) is 26.6. The Morgan fingerprint density at radius 3 is 2.26 bits per heavy atom. The molecule has 1 aromatic carbocycles. The number of nitrogens with one attached hydrogen (secondary N) is 2. The van der Waals surface area contributed by atoms with Crippen molar-refractivity contribution in [3.8, 4) is 0 Å². The molecule has 0 aliphatic rings. The maximum atomic E-state index is 13.6. The SMILES string of the molecule is CC[C@H](C)[C@H](NC(=O)CN(C)C)C(=O)N(C)[C@H](CCc1nc(C(=O)N[C@H](CCC(=O)O)Cc2ccccc2)cs1)C(C)C. The van der Waals surface area contributed by atoms with Gasteiger partial charge in [-0.1, -0.05) is 64.4 Å². The Kier molecular flexibility index (Phi) is 14.8. The van der Waals surface area contributed by atoms with Gasteiger partial charge in [0.2, 0.25) is 11.8 Å². The van der Waals surface area contributed by atoms with Gasteiger partial charge in [0.25, 0.3) is 5.91 Å². The topological polar surface area (TPSA) is 132 Å². The van der Waals surface area contributed by atoms with Gasteiger partial charge in [-0.25, -0.2) is 4.98 Å². The molecule has 0 aliphatic carbocycles. The lowest BCUT2D eigenvalue weighted by atomic mass is 9.93. The minimum absolute atomic E-state index is 0.0184. The average molecular weight is 616 g/mol. The summed E-state index contributed by atoms with van der Waals surface area (Å²) in [6.07, 6.45) is 2.80. The van der Waals surface area contributed by atoms with Crippen molar-refractivity contribution in [2.75, 3.05) is 27.7 Å². The Balaban J connectivity index is 2.07. The second-order valence-electron chi connectivity index (χ2n) is 11.9. The molecule has 3 amide bonds. The molecule has 0 saturated carbocycles. The number of likely N-dealkylation sites (N-methyl/N-ethyl adjacent to an activating group) is 2. The molecule has 0 bridgehead atoms. The first-order valence-corrected chi connectivity index (χ1v) is 15.9. The van der Waals surface area contributed by atoms with Crippen molar-refractivity contribution in [2.24, 2.45) is 11.8 Å². The second-order valence-corrected chi connectivity index (χ2v) is 12.8. The second kappa shape index (κ2) is 17.7. The first kappa shape index (κ1) is 35.9. The standard InChI is InChI=1S/C32H49N5O5S/c1-8-22(4)30(35-27(38)19-36(5)6)32(42)37(7)26(21(2)3)15-16-28-34-25(20-43-28)31(41)33-24(14-17-29(39)40)18-23-12-10-9-11-13-23/h9-13,20-22,24,26,30H,8,14-19H2,1-7H3,(H,33,41)(H,35,38)(H,39,40)/t22-,24+,26+,30-/m0/s1. The minimum Gasteiger partial charge on any atom is -0.481 e. The molecule has 0 fully saturated rings. The highest BCUT2D eigenvalue weighted by molar-refractivity contribution is 7.09. The van der Waals surface area contributed by atoms with E-state index in [0.29, 0.717) is 31.4 Å². The van der Waals surface area contributed by atoms with Crippen LogP contribution in [0.25, 0.3) is 0 Å². The van der Waals surface area contributed by atoms with E-state index in [1.807, 2.05) is 58.3 Å². The van der Waals surface area contributed by atoms with Crippen molar-refractivity contribution in [3.63, 3.8) is 0 Å². The summed E-state index contributed by atoms with van der Waals surface area (Å²) in [7, 11) is 5.43. The van der Waals surface area contributed by atoms with E-state index in [1.54, 1.807) is 22.2 Å². The molecule has 1 heterocycles. The summed E-state index contributed by atoms with van der Waals surface area (Å²) in [6, 6.07) is 8.63. The molecule has 43 heavy (non-hydrogen) atoms. The summed E-state index contributed by atoms with van der Waals surface area (Å²) in [5.74, 6) is -1.37. The predicted octanol–water partition coefficient (Wildman–Crippen LogP) is 3.86. The molecule has 10 nitrogen and oxygen atoms in total. The highest BCUT2D eigenvalue weighted by Crippen LogP contribution is 2.21. The fourth-order valence-electron chi connectivity index (χ4n) is 5.03. The van der Waals surface area contributed by atoms with Crippen LogP contribution in [0.5, 0.6) is 0 Å². The predicted molar refractivity (Wildman–Crippen MR) is 170 cm³/mol. The van der Waals surface area contributed by atoms with Crippen molar-refractivity contribution in [2.45, 2.75) is 84.3 Å². The quantitative estimate of drug-likeness (QED) is 0.232. The fourth-order valence-corrected chi connectivity index (χ4v) is 5.82. The zero-order valence-corrected chi connectivity index (χ0v) is 27.4. The molecule has 0 unspecified atom stereocenters. The summed E-state index contributed by atoms with van der Waals surface area (Å²) in [4.78, 5) is 58.5. The van der Waals surface area contributed by atoms with Crippen LogP contribution in [0, 0.1) is 11.8 Å². The number of rotatable bonds is 18. The third-order valence-corrected chi connectivity index (χ3v) is 8.58. The van der Waals surface area contributed by atoms with Gasteiger partial charge in [-0.2, -0.15) is 0 Å². The molecule has 2 aromatic rings. The van der Waals surface area contributed by atoms with E-state index in [2.05, 4.69) is 29.5 Å². The van der Waals surface area contributed by atoms with Gasteiger partial charge >= 0.3 is 5.97 Å². The number of aliphatic carboxylic acids is 1. The summed E-state index contributed by atoms with van der Waals surface area (Å²) >= 11 is 1.40. The smallest absolute Gasteiger partial charge is 0.303 e. The van der Waals surface area contributed by atoms with Gasteiger partial charge in [-0.15, -0.1) is 11.3 Å². The van der Waals surface area contributed by atoms with Crippen molar-refractivity contribution in [1.82, 2.24) is 25.4 Å². The van der Waals surface area contributed by atoms with Crippen molar-refractivity contribution in [1.29, 1.82) is 0 Å². The van der Waals surface area contributed by atoms with Gasteiger partial charge in [0, 0.05) is 37.4 Å². The number of aromatic nitrogens is 1. The van der Waals surface area contributed by atoms with Crippen LogP contribution in [0.2, 0.25) is 0 Å². The van der Waals surface area contributed by atoms with Crippen molar-refractivity contribution >= 4 is 35.0 Å². The molecule has 238 valence electrons. The first-order valence-electron chi connectivity index (χ1n) is 15.0. The lowest BCUT2D eigenvalue weighted by molar-refractivity contribution is -0.139. The van der Waals surface area contributed by atoms with Crippen LogP contribution in [0.1, 0.15) is 74.4 Å². The molecule has 0 spiro atoms. The molecule has 0 saturated heterocycles. The van der Waals surface area contributed by atoms with E-state index in [-0.39, 0.29) is 54.6 Å². The third-order valence-electron chi connectivity index (χ3n) is 7.68. The number of carbonyl (C=O) groups excluding carboxylic acids is 3. The van der Waals surface area contributed by atoms with E-state index in [4.69, 9.17) is 0 Å². The molecule has 3 N–H and O–H groups in total. The molecule has 11 heteroatoms. The van der Waals surface area contributed by atoms with Crippen LogP contribution in [0.4, 0.5) is 0 Å². The summed E-state index contributed by atoms with van der Waals surface area (Å²) < 4.78 is 0. The van der Waals surface area contributed by atoms with Gasteiger partial charge in [-0.05, 0) is 50.8 Å². The minimum atomic E-state index is -0.905. The number of benzene rings is 1. The summed E-state index contributed by atoms with van der Waals surface area (Å²) in [6.45, 7) is 8.34. The largest absolute Gasteiger partial charge is 0.481 e. The monoisotopic (exact) mass is 615 g/mol. The molecular weight excluding hydrogens is 566 g/mol. The fraction of sp³-hybridized carbons (Fsp3) is 0.594. The lowest BCUT2D eigenvalue weighted by Crippen LogP contribution is -2.55. The molecule has 2 rings (SSSR count). The van der Waals surface area contributed by atoms with Gasteiger partial charge in [-0.3, -0.25) is 19.2 Å². The number of aryl methyl sites for hydroxylation is 1. The number of carboxylic acid groups (broad SMARTS) is 1. The summed E-state index contributed by atoms with van der Waals surface area (Å²) in [5.41, 5.74) is 1.32. The number of thiazole rings is 1. The van der Waals surface area contributed by atoms with Crippen molar-refractivity contribution in [3.05, 3.63) is 52.0 Å². The Hall–Kier alpha value is -3.31. The van der Waals surface area contributed by atoms with Crippen LogP contribution in [0.3, 0.4) is 0 Å². The van der Waals surface area contributed by atoms with E-state index in [1.165, 1.54) is 11.3 Å². The van der Waals surface area contributed by atoms with Gasteiger partial charge in [0.15, 0.2) is 0 Å². The molecule has 0 radical (unpaired) electrons. The number of carboxylic acids is 1. The van der Waals surface area contributed by atoms with Crippen LogP contribution in [-0.2, 0) is 27.2 Å². The normalized spacial score (nSPS) is 14.2. The summed E-state index contributed by atoms with van der Waals surface area (Å²) in [5, 5.41) is 17.6. The number of carbonyl (C=O) groups is 4. The van der Waals surface area contributed by atoms with E-state index in [9.17, 15) is 24.3 Å². The number of amides is 3. The lowest BCUT2D eigenvalue weighted by Gasteiger charge is -2.35. The zero-order chi connectivity index (χ0) is 32.1. The Labute approximate surface area is 260 Å². The van der Waals surface area contributed by atoms with Gasteiger partial charge < -0.3 is 25.5 Å². The average Bonchev–Trinajstić information content (AvgIpc) is 3.43. The number of hydrogen-bond donors (Lipinski definition) is 3. The maximum absolute atomic E-state index is 13.6. The van der Waals surface area contributed by atoms with E-state index >= 15 is 0 Å². The van der Waals surface area contributed by atoms with Crippen LogP contribution in [0.15, 0.2) is 35.7 Å². The number of hydrogen-bond acceptors (Lipinski definition) is 7. The molecule has 4 atom stereocenters. The molecule has 0 aliphatic heterocycles. The van der Waals surface area contributed by atoms with Gasteiger partial charge in [0.05, 0.1) is 11.6 Å².